The maximum atomic E-state index is 13.0. The molecule has 0 spiro atoms. The van der Waals surface area contributed by atoms with Crippen molar-refractivity contribution in [3.8, 4) is 6.07 Å². The summed E-state index contributed by atoms with van der Waals surface area (Å²) >= 11 is 0. The summed E-state index contributed by atoms with van der Waals surface area (Å²) in [5, 5.41) is 9.37. The van der Waals surface area contributed by atoms with Crippen LogP contribution < -0.4 is 0 Å². The predicted octanol–water partition coefficient (Wildman–Crippen LogP) is 3.43. The number of rotatable bonds is 6. The van der Waals surface area contributed by atoms with Gasteiger partial charge in [0.2, 0.25) is 15.7 Å². The molecule has 27 heavy (non-hydrogen) atoms. The van der Waals surface area contributed by atoms with Gasteiger partial charge < -0.3 is 4.90 Å². The molecule has 0 bridgehead atoms. The summed E-state index contributed by atoms with van der Waals surface area (Å²) in [6, 6.07) is 17.6. The number of nitriles is 1. The number of sulfone groups is 1. The van der Waals surface area contributed by atoms with Crippen LogP contribution in [-0.4, -0.2) is 26.3 Å². The summed E-state index contributed by atoms with van der Waals surface area (Å²) in [4.78, 5) is 14.7. The van der Waals surface area contributed by atoms with Gasteiger partial charge in [0.1, 0.15) is 0 Å². The molecule has 0 aliphatic rings. The molecule has 1 amide bonds. The molecule has 0 atom stereocenters. The van der Waals surface area contributed by atoms with Crippen molar-refractivity contribution in [3.05, 3.63) is 77.2 Å². The second kappa shape index (κ2) is 8.19. The molecule has 0 saturated heterocycles. The summed E-state index contributed by atoms with van der Waals surface area (Å²) in [5.41, 5.74) is 0.944. The lowest BCUT2D eigenvalue weighted by Crippen LogP contribution is -2.41. The van der Waals surface area contributed by atoms with E-state index in [1.807, 2.05) is 44.2 Å². The first-order valence-corrected chi connectivity index (χ1v) is 9.94. The minimum Gasteiger partial charge on any atom is -0.341 e. The molecule has 2 aromatic rings. The third-order valence-corrected chi connectivity index (χ3v) is 5.79. The highest BCUT2D eigenvalue weighted by Gasteiger charge is 2.32. The fraction of sp³-hybridized carbons (Fsp3) is 0.238. The lowest BCUT2D eigenvalue weighted by molar-refractivity contribution is -0.135. The Labute approximate surface area is 160 Å². The van der Waals surface area contributed by atoms with Crippen LogP contribution in [0.4, 0.5) is 0 Å². The Kier molecular flexibility index (Phi) is 6.19. The molecule has 0 aliphatic heterocycles. The molecule has 140 valence electrons. The lowest BCUT2D eigenvalue weighted by atomic mass is 9.83. The van der Waals surface area contributed by atoms with E-state index in [-0.39, 0.29) is 10.8 Å². The highest BCUT2D eigenvalue weighted by molar-refractivity contribution is 7.94. The van der Waals surface area contributed by atoms with Crippen molar-refractivity contribution in [2.45, 2.75) is 30.7 Å². The number of hydrogen-bond donors (Lipinski definition) is 0. The summed E-state index contributed by atoms with van der Waals surface area (Å²) < 4.78 is 24.2. The predicted molar refractivity (Wildman–Crippen MR) is 104 cm³/mol. The smallest absolute Gasteiger partial charge is 0.232 e. The number of likely N-dealkylation sites (N-methyl/N-ethyl adjacent to an activating group) is 1. The van der Waals surface area contributed by atoms with Gasteiger partial charge >= 0.3 is 0 Å². The van der Waals surface area contributed by atoms with Crippen molar-refractivity contribution < 1.29 is 13.2 Å². The molecule has 5 nitrogen and oxygen atoms in total. The molecule has 0 saturated carbocycles. The van der Waals surface area contributed by atoms with E-state index in [1.54, 1.807) is 30.1 Å². The molecule has 0 N–H and O–H groups in total. The first-order chi connectivity index (χ1) is 12.7. The van der Waals surface area contributed by atoms with Crippen LogP contribution in [0.1, 0.15) is 25.0 Å². The standard InChI is InChI=1S/C21H22N2O3S/c1-21(2,20(24)23(3)16-17-8-5-4-6-9-17)18-10-12-19(13-11-18)27(25,26)15-7-14-22/h4-13,15H,16H2,1-3H3. The van der Waals surface area contributed by atoms with Crippen LogP contribution in [0.5, 0.6) is 0 Å². The molecule has 2 aromatic carbocycles. The summed E-state index contributed by atoms with van der Waals surface area (Å²) in [6.07, 6.45) is 0.926. The van der Waals surface area contributed by atoms with Crippen LogP contribution in [0.15, 0.2) is 71.0 Å². The van der Waals surface area contributed by atoms with Gasteiger partial charge in [-0.2, -0.15) is 5.26 Å². The van der Waals surface area contributed by atoms with Crippen molar-refractivity contribution in [1.82, 2.24) is 4.90 Å². The largest absolute Gasteiger partial charge is 0.341 e. The van der Waals surface area contributed by atoms with E-state index < -0.39 is 15.3 Å². The number of carbonyl (C=O) groups excluding carboxylic acids is 1. The molecule has 0 heterocycles. The summed E-state index contributed by atoms with van der Waals surface area (Å²) in [6.45, 7) is 4.13. The van der Waals surface area contributed by atoms with Gasteiger partial charge in [-0.15, -0.1) is 0 Å². The highest BCUT2D eigenvalue weighted by atomic mass is 32.2. The van der Waals surface area contributed by atoms with E-state index in [9.17, 15) is 13.2 Å². The maximum absolute atomic E-state index is 13.0. The fourth-order valence-corrected chi connectivity index (χ4v) is 3.70. The van der Waals surface area contributed by atoms with Gasteiger partial charge in [-0.25, -0.2) is 8.42 Å². The lowest BCUT2D eigenvalue weighted by Gasteiger charge is -2.30. The number of hydrogen-bond acceptors (Lipinski definition) is 4. The fourth-order valence-electron chi connectivity index (χ4n) is 2.79. The van der Waals surface area contributed by atoms with Crippen LogP contribution in [-0.2, 0) is 26.6 Å². The van der Waals surface area contributed by atoms with Crippen molar-refractivity contribution in [2.24, 2.45) is 0 Å². The van der Waals surface area contributed by atoms with Gasteiger partial charge in [-0.3, -0.25) is 4.79 Å². The topological polar surface area (TPSA) is 78.2 Å². The van der Waals surface area contributed by atoms with Gasteiger partial charge in [-0.05, 0) is 37.1 Å². The molecule has 0 fully saturated rings. The molecule has 0 unspecified atom stereocenters. The Bertz CT molecular complexity index is 970. The highest BCUT2D eigenvalue weighted by Crippen LogP contribution is 2.27. The molecular formula is C21H22N2O3S. The van der Waals surface area contributed by atoms with E-state index >= 15 is 0 Å². The number of benzene rings is 2. The zero-order chi connectivity index (χ0) is 20.1. The molecule has 0 aliphatic carbocycles. The van der Waals surface area contributed by atoms with E-state index in [0.29, 0.717) is 6.54 Å². The van der Waals surface area contributed by atoms with Gasteiger partial charge in [0.25, 0.3) is 0 Å². The first-order valence-electron chi connectivity index (χ1n) is 8.40. The molecule has 6 heteroatoms. The normalized spacial score (nSPS) is 11.9. The van der Waals surface area contributed by atoms with Gasteiger partial charge in [0, 0.05) is 25.1 Å². The van der Waals surface area contributed by atoms with Crippen molar-refractivity contribution in [1.29, 1.82) is 5.26 Å². The third kappa shape index (κ3) is 4.83. The van der Waals surface area contributed by atoms with Gasteiger partial charge in [0.15, 0.2) is 0 Å². The second-order valence-corrected chi connectivity index (χ2v) is 8.61. The van der Waals surface area contributed by atoms with Crippen molar-refractivity contribution in [2.75, 3.05) is 7.05 Å². The quantitative estimate of drug-likeness (QED) is 0.717. The summed E-state index contributed by atoms with van der Waals surface area (Å²) in [7, 11) is -1.91. The SMILES string of the molecule is CN(Cc1ccccc1)C(=O)C(C)(C)c1ccc(S(=O)(=O)C=CC#N)cc1. The maximum Gasteiger partial charge on any atom is 0.232 e. The van der Waals surface area contributed by atoms with E-state index in [2.05, 4.69) is 0 Å². The Morgan fingerprint density at radius 3 is 2.26 bits per heavy atom. The van der Waals surface area contributed by atoms with E-state index in [0.717, 1.165) is 22.6 Å². The van der Waals surface area contributed by atoms with Crippen molar-refractivity contribution >= 4 is 15.7 Å². The minimum absolute atomic E-state index is 0.0636. The zero-order valence-electron chi connectivity index (χ0n) is 15.6. The number of allylic oxidation sites excluding steroid dienone is 1. The van der Waals surface area contributed by atoms with E-state index in [4.69, 9.17) is 5.26 Å². The van der Waals surface area contributed by atoms with Crippen LogP contribution in [0.25, 0.3) is 0 Å². The Morgan fingerprint density at radius 1 is 1.11 bits per heavy atom. The Morgan fingerprint density at radius 2 is 1.70 bits per heavy atom. The van der Waals surface area contributed by atoms with Crippen LogP contribution in [0.3, 0.4) is 0 Å². The van der Waals surface area contributed by atoms with Gasteiger partial charge in [-0.1, -0.05) is 42.5 Å². The van der Waals surface area contributed by atoms with Gasteiger partial charge in [0.05, 0.1) is 16.4 Å². The van der Waals surface area contributed by atoms with Crippen molar-refractivity contribution in [3.63, 3.8) is 0 Å². The van der Waals surface area contributed by atoms with Crippen LogP contribution in [0.2, 0.25) is 0 Å². The van der Waals surface area contributed by atoms with Crippen LogP contribution in [0, 0.1) is 11.3 Å². The molecule has 2 rings (SSSR count). The number of nitrogens with zero attached hydrogens (tertiary/aromatic N) is 2. The second-order valence-electron chi connectivity index (χ2n) is 6.77. The monoisotopic (exact) mass is 382 g/mol. The third-order valence-electron chi connectivity index (χ3n) is 4.37. The summed E-state index contributed by atoms with van der Waals surface area (Å²) in [5.74, 6) is -0.0636. The minimum atomic E-state index is -3.66. The average molecular weight is 382 g/mol. The zero-order valence-corrected chi connectivity index (χ0v) is 16.4. The number of carbonyl (C=O) groups is 1. The first kappa shape index (κ1) is 20.4. The Hall–Kier alpha value is -2.91. The molecule has 0 aromatic heterocycles. The number of amides is 1. The van der Waals surface area contributed by atoms with E-state index in [1.165, 1.54) is 12.1 Å². The Balaban J connectivity index is 2.21. The molecular weight excluding hydrogens is 360 g/mol. The molecule has 0 radical (unpaired) electrons. The average Bonchev–Trinajstić information content (AvgIpc) is 2.66. The van der Waals surface area contributed by atoms with Crippen LogP contribution >= 0.6 is 0 Å².